The van der Waals surface area contributed by atoms with Gasteiger partial charge in [-0.25, -0.2) is 0 Å². The van der Waals surface area contributed by atoms with Crippen molar-refractivity contribution < 1.29 is 9.47 Å². The van der Waals surface area contributed by atoms with E-state index in [4.69, 9.17) is 34.2 Å². The fraction of sp³-hybridized carbons (Fsp3) is 0.0769. The summed E-state index contributed by atoms with van der Waals surface area (Å²) in [5.41, 5.74) is 3.22. The van der Waals surface area contributed by atoms with Gasteiger partial charge in [-0.1, -0.05) is 60.2 Å². The van der Waals surface area contributed by atoms with Crippen molar-refractivity contribution in [3.63, 3.8) is 0 Å². The molecule has 0 bridgehead atoms. The Hall–Kier alpha value is -3.99. The van der Waals surface area contributed by atoms with Crippen LogP contribution < -0.4 is 9.47 Å². The van der Waals surface area contributed by atoms with Gasteiger partial charge < -0.3 is 9.47 Å². The Balaban J connectivity index is 1.73. The average Bonchev–Trinajstić information content (AvgIpc) is 2.82. The predicted octanol–water partition coefficient (Wildman–Crippen LogP) is 7.15. The van der Waals surface area contributed by atoms with Crippen molar-refractivity contribution in [2.75, 3.05) is 7.11 Å². The molecule has 0 aliphatic heterocycles. The molecule has 0 aliphatic carbocycles. The lowest BCUT2D eigenvalue weighted by atomic mass is 10.1. The maximum Gasteiger partial charge on any atom is 0.195 e. The lowest BCUT2D eigenvalue weighted by Gasteiger charge is -2.07. The third-order valence-corrected chi connectivity index (χ3v) is 4.68. The molecule has 0 unspecified atom stereocenters. The van der Waals surface area contributed by atoms with Gasteiger partial charge in [-0.2, -0.15) is 0 Å². The van der Waals surface area contributed by atoms with Crippen molar-refractivity contribution in [3.05, 3.63) is 129 Å². The van der Waals surface area contributed by atoms with Crippen LogP contribution >= 0.6 is 11.6 Å². The lowest BCUT2D eigenvalue weighted by Crippen LogP contribution is -1.94. The van der Waals surface area contributed by atoms with E-state index in [2.05, 4.69) is 9.69 Å². The van der Waals surface area contributed by atoms with Crippen LogP contribution in [0.4, 0.5) is 0 Å². The van der Waals surface area contributed by atoms with E-state index in [-0.39, 0.29) is 11.4 Å². The van der Waals surface area contributed by atoms with Crippen molar-refractivity contribution in [3.8, 4) is 11.5 Å². The molecule has 5 heteroatoms. The van der Waals surface area contributed by atoms with Crippen LogP contribution in [-0.4, -0.2) is 7.11 Å². The summed E-state index contributed by atoms with van der Waals surface area (Å²) < 4.78 is 10.9. The highest BCUT2D eigenvalue weighted by Gasteiger charge is 2.07. The van der Waals surface area contributed by atoms with Gasteiger partial charge in [0, 0.05) is 5.02 Å². The molecule has 0 saturated carbocycles. The van der Waals surface area contributed by atoms with E-state index >= 15 is 0 Å². The van der Waals surface area contributed by atoms with E-state index in [9.17, 15) is 0 Å². The molecule has 0 aliphatic rings. The molecule has 0 atom stereocenters. The highest BCUT2D eigenvalue weighted by molar-refractivity contribution is 6.30. The van der Waals surface area contributed by atoms with E-state index in [1.807, 2.05) is 72.8 Å². The highest BCUT2D eigenvalue weighted by Crippen LogP contribution is 2.23. The second-order valence-electron chi connectivity index (χ2n) is 6.54. The summed E-state index contributed by atoms with van der Waals surface area (Å²) in [5.74, 6) is 1.46. The number of rotatable bonds is 7. The number of halogens is 1. The fourth-order valence-electron chi connectivity index (χ4n) is 2.75. The first-order chi connectivity index (χ1) is 15.1. The molecule has 0 aromatic heterocycles. The molecular formula is C26H19ClN2O2. The standard InChI is InChI=1S/C26H19ClN2O2/c1-28-25(16-19-6-12-23(30-3)13-7-19)26(29-2)17-20-8-14-24(15-9-20)31-18-21-4-10-22(27)11-5-21/h4-17H,18H2,3H3/b25-16-,26-17-. The molecule has 152 valence electrons. The van der Waals surface area contributed by atoms with Crippen molar-refractivity contribution in [1.29, 1.82) is 0 Å². The van der Waals surface area contributed by atoms with Crippen LogP contribution in [0.15, 0.2) is 84.2 Å². The molecule has 0 N–H and O–H groups in total. The summed E-state index contributed by atoms with van der Waals surface area (Å²) in [6.45, 7) is 15.4. The maximum absolute atomic E-state index is 7.51. The van der Waals surface area contributed by atoms with Crippen molar-refractivity contribution >= 4 is 23.8 Å². The van der Waals surface area contributed by atoms with Crippen molar-refractivity contribution in [2.24, 2.45) is 0 Å². The minimum Gasteiger partial charge on any atom is -0.497 e. The molecule has 3 rings (SSSR count). The number of benzene rings is 3. The van der Waals surface area contributed by atoms with Gasteiger partial charge in [0.05, 0.1) is 20.3 Å². The number of hydrogen-bond donors (Lipinski definition) is 0. The summed E-state index contributed by atoms with van der Waals surface area (Å²) in [4.78, 5) is 7.10. The quantitative estimate of drug-likeness (QED) is 0.296. The van der Waals surface area contributed by atoms with Gasteiger partial charge in [0.15, 0.2) is 11.4 Å². The Morgan fingerprint density at radius 1 is 0.774 bits per heavy atom. The van der Waals surface area contributed by atoms with Crippen molar-refractivity contribution in [2.45, 2.75) is 6.61 Å². The van der Waals surface area contributed by atoms with E-state index in [1.165, 1.54) is 0 Å². The summed E-state index contributed by atoms with van der Waals surface area (Å²) in [6, 6.07) is 22.2. The van der Waals surface area contributed by atoms with Gasteiger partial charge in [-0.05, 0) is 53.1 Å². The summed E-state index contributed by atoms with van der Waals surface area (Å²) >= 11 is 5.90. The fourth-order valence-corrected chi connectivity index (χ4v) is 2.88. The highest BCUT2D eigenvalue weighted by atomic mass is 35.5. The van der Waals surface area contributed by atoms with Crippen LogP contribution in [-0.2, 0) is 6.61 Å². The smallest absolute Gasteiger partial charge is 0.195 e. The van der Waals surface area contributed by atoms with E-state index in [1.54, 1.807) is 19.3 Å². The molecule has 3 aromatic rings. The number of ether oxygens (including phenoxy) is 2. The molecule has 31 heavy (non-hydrogen) atoms. The van der Waals surface area contributed by atoms with Gasteiger partial charge in [-0.3, -0.25) is 9.69 Å². The average molecular weight is 427 g/mol. The zero-order valence-corrected chi connectivity index (χ0v) is 17.6. The number of hydrogen-bond acceptors (Lipinski definition) is 2. The van der Waals surface area contributed by atoms with Gasteiger partial charge in [0.2, 0.25) is 0 Å². The first kappa shape index (κ1) is 21.7. The van der Waals surface area contributed by atoms with Crippen LogP contribution in [0.1, 0.15) is 16.7 Å². The molecule has 0 amide bonds. The Bertz CT molecular complexity index is 1160. The van der Waals surface area contributed by atoms with Crippen molar-refractivity contribution in [1.82, 2.24) is 0 Å². The Morgan fingerprint density at radius 3 is 1.71 bits per heavy atom. The van der Waals surface area contributed by atoms with Crippen LogP contribution in [0.25, 0.3) is 21.8 Å². The van der Waals surface area contributed by atoms with E-state index in [0.29, 0.717) is 11.6 Å². The SMILES string of the molecule is [C-]#[N+]C(=C\c1ccc(OC)cc1)/C(=C/c1ccc(OCc2ccc(Cl)cc2)cc1)[N+]#[C-]. The molecule has 4 nitrogen and oxygen atoms in total. The minimum atomic E-state index is 0.278. The number of nitrogens with zero attached hydrogens (tertiary/aromatic N) is 2. The predicted molar refractivity (Wildman–Crippen MR) is 124 cm³/mol. The molecular weight excluding hydrogens is 408 g/mol. The van der Waals surface area contributed by atoms with Crippen LogP contribution in [0.3, 0.4) is 0 Å². The van der Waals surface area contributed by atoms with Gasteiger partial charge >= 0.3 is 0 Å². The second kappa shape index (κ2) is 10.7. The largest absolute Gasteiger partial charge is 0.497 e. The third kappa shape index (κ3) is 6.24. The van der Waals surface area contributed by atoms with E-state index in [0.717, 1.165) is 28.2 Å². The summed E-state index contributed by atoms with van der Waals surface area (Å²) in [6.07, 6.45) is 3.39. The molecule has 3 aromatic carbocycles. The normalized spacial score (nSPS) is 11.4. The number of methoxy groups -OCH3 is 1. The summed E-state index contributed by atoms with van der Waals surface area (Å²) in [7, 11) is 1.60. The molecule has 0 heterocycles. The molecule has 0 spiro atoms. The Morgan fingerprint density at radius 2 is 1.26 bits per heavy atom. The first-order valence-electron chi connectivity index (χ1n) is 9.41. The lowest BCUT2D eigenvalue weighted by molar-refractivity contribution is 0.306. The van der Waals surface area contributed by atoms with Crippen LogP contribution in [0.5, 0.6) is 11.5 Å². The summed E-state index contributed by atoms with van der Waals surface area (Å²) in [5, 5.41) is 0.690. The Labute approximate surface area is 187 Å². The zero-order chi connectivity index (χ0) is 22.1. The monoisotopic (exact) mass is 426 g/mol. The topological polar surface area (TPSA) is 27.2 Å². The third-order valence-electron chi connectivity index (χ3n) is 4.42. The maximum atomic E-state index is 7.51. The molecule has 0 saturated heterocycles. The Kier molecular flexibility index (Phi) is 7.49. The zero-order valence-electron chi connectivity index (χ0n) is 16.9. The van der Waals surface area contributed by atoms with E-state index < -0.39 is 0 Å². The van der Waals surface area contributed by atoms with Gasteiger partial charge in [0.25, 0.3) is 0 Å². The second-order valence-corrected chi connectivity index (χ2v) is 6.98. The molecule has 0 radical (unpaired) electrons. The van der Waals surface area contributed by atoms with Gasteiger partial charge in [-0.15, -0.1) is 0 Å². The van der Waals surface area contributed by atoms with Crippen LogP contribution in [0, 0.1) is 13.1 Å². The first-order valence-corrected chi connectivity index (χ1v) is 9.79. The van der Waals surface area contributed by atoms with Gasteiger partial charge in [0.1, 0.15) is 18.1 Å². The van der Waals surface area contributed by atoms with Crippen LogP contribution in [0.2, 0.25) is 5.02 Å². The molecule has 0 fully saturated rings. The minimum absolute atomic E-state index is 0.278.